The van der Waals surface area contributed by atoms with Gasteiger partial charge in [-0.3, -0.25) is 9.97 Å². The van der Waals surface area contributed by atoms with Crippen LogP contribution in [0.3, 0.4) is 0 Å². The van der Waals surface area contributed by atoms with Crippen molar-refractivity contribution < 1.29 is 15.3 Å². The average molecular weight is 513 g/mol. The number of fused-ring (bicyclic) bond motifs is 2. The zero-order valence-electron chi connectivity index (χ0n) is 21.2. The van der Waals surface area contributed by atoms with Crippen LogP contribution in [0, 0.1) is 13.8 Å². The fourth-order valence-corrected chi connectivity index (χ4v) is 3.85. The number of para-hydroxylation sites is 2. The summed E-state index contributed by atoms with van der Waals surface area (Å²) in [5, 5.41) is 35.3. The Kier molecular flexibility index (Phi) is 9.84. The molecule has 0 bridgehead atoms. The smallest absolute Gasteiger partial charge is 0.872 e. The van der Waals surface area contributed by atoms with Gasteiger partial charge in [-0.05, 0) is 48.2 Å². The molecule has 38 heavy (non-hydrogen) atoms. The van der Waals surface area contributed by atoms with Crippen molar-refractivity contribution in [3.05, 3.63) is 127 Å². The normalized spacial score (nSPS) is 9.95. The van der Waals surface area contributed by atoms with Crippen LogP contribution in [0.5, 0.6) is 17.2 Å². The third kappa shape index (κ3) is 6.89. The van der Waals surface area contributed by atoms with Crippen molar-refractivity contribution in [2.75, 3.05) is 0 Å². The van der Waals surface area contributed by atoms with E-state index < -0.39 is 0 Å². The molecule has 0 saturated carbocycles. The summed E-state index contributed by atoms with van der Waals surface area (Å²) in [6.45, 7) is 3.95. The van der Waals surface area contributed by atoms with Crippen LogP contribution in [0.2, 0.25) is 0 Å². The van der Waals surface area contributed by atoms with Gasteiger partial charge in [0, 0.05) is 23.2 Å². The predicted molar refractivity (Wildman–Crippen MR) is 149 cm³/mol. The van der Waals surface area contributed by atoms with Gasteiger partial charge < -0.3 is 15.3 Å². The second kappa shape index (κ2) is 13.3. The molecule has 0 amide bonds. The fraction of sp³-hybridized carbons (Fsp3) is 0.0625. The number of benzene rings is 4. The van der Waals surface area contributed by atoms with E-state index >= 15 is 0 Å². The van der Waals surface area contributed by atoms with Gasteiger partial charge in [0.1, 0.15) is 0 Å². The van der Waals surface area contributed by atoms with Gasteiger partial charge in [0.05, 0.1) is 11.0 Å². The van der Waals surface area contributed by atoms with Crippen LogP contribution in [0.25, 0.3) is 32.9 Å². The molecule has 0 N–H and O–H groups in total. The first-order chi connectivity index (χ1) is 17.9. The summed E-state index contributed by atoms with van der Waals surface area (Å²) in [5.41, 5.74) is 5.55. The van der Waals surface area contributed by atoms with E-state index in [9.17, 15) is 15.3 Å². The molecule has 0 aliphatic carbocycles. The molecule has 0 unspecified atom stereocenters. The van der Waals surface area contributed by atoms with E-state index in [4.69, 9.17) is 0 Å². The number of aromatic nitrogens is 2. The van der Waals surface area contributed by atoms with Crippen LogP contribution < -0.4 is 15.3 Å². The Morgan fingerprint density at radius 2 is 0.921 bits per heavy atom. The van der Waals surface area contributed by atoms with E-state index in [0.717, 1.165) is 33.0 Å². The molecular weight excluding hydrogens is 487 g/mol. The largest absolute Gasteiger partial charge is 3.00 e. The van der Waals surface area contributed by atoms with Crippen molar-refractivity contribution in [1.82, 2.24) is 9.97 Å². The zero-order valence-corrected chi connectivity index (χ0v) is 22.3. The Labute approximate surface area is 232 Å². The number of rotatable bonds is 1. The van der Waals surface area contributed by atoms with Crippen molar-refractivity contribution in [3.63, 3.8) is 0 Å². The van der Waals surface area contributed by atoms with Gasteiger partial charge in [-0.1, -0.05) is 102 Å². The molecule has 6 aromatic rings. The molecule has 0 aliphatic rings. The Morgan fingerprint density at radius 1 is 0.474 bits per heavy atom. The van der Waals surface area contributed by atoms with Crippen molar-refractivity contribution in [2.45, 2.75) is 13.8 Å². The summed E-state index contributed by atoms with van der Waals surface area (Å²) in [4.78, 5) is 8.06. The molecule has 184 valence electrons. The molecule has 0 spiro atoms. The minimum Gasteiger partial charge on any atom is -0.872 e. The molecule has 0 atom stereocenters. The third-order valence-electron chi connectivity index (χ3n) is 5.87. The first kappa shape index (κ1) is 28.2. The Bertz CT molecular complexity index is 1460. The van der Waals surface area contributed by atoms with E-state index in [1.807, 2.05) is 80.6 Å². The molecule has 4 aromatic carbocycles. The van der Waals surface area contributed by atoms with Crippen LogP contribution >= 0.6 is 0 Å². The maximum atomic E-state index is 11.3. The minimum atomic E-state index is -0.00352. The third-order valence-corrected chi connectivity index (χ3v) is 5.87. The standard InChI is InChI=1S/C12H10O.2C10H9NO.Al/c13-12-8-6-11(7-9-12)10-4-2-1-3-5-10;2*1-7-5-6-11-10-8(7)3-2-4-9(10)12;/h1-9,13H;2*2-6,12H,1H3;/q;;;+3/p-3. The summed E-state index contributed by atoms with van der Waals surface area (Å²) in [7, 11) is 0. The van der Waals surface area contributed by atoms with E-state index in [2.05, 4.69) is 9.97 Å². The van der Waals surface area contributed by atoms with E-state index in [-0.39, 0.29) is 34.6 Å². The first-order valence-corrected chi connectivity index (χ1v) is 11.8. The Morgan fingerprint density at radius 3 is 1.37 bits per heavy atom. The van der Waals surface area contributed by atoms with Crippen molar-refractivity contribution in [1.29, 1.82) is 0 Å². The van der Waals surface area contributed by atoms with Gasteiger partial charge in [-0.15, -0.1) is 5.75 Å². The van der Waals surface area contributed by atoms with Gasteiger partial charge in [0.25, 0.3) is 0 Å². The van der Waals surface area contributed by atoms with Crippen LogP contribution in [0.15, 0.2) is 116 Å². The molecule has 2 aromatic heterocycles. The molecule has 5 nitrogen and oxygen atoms in total. The van der Waals surface area contributed by atoms with Gasteiger partial charge >= 0.3 is 17.4 Å². The van der Waals surface area contributed by atoms with Crippen LogP contribution in [0.1, 0.15) is 11.1 Å². The van der Waals surface area contributed by atoms with Gasteiger partial charge in [-0.2, -0.15) is 0 Å². The summed E-state index contributed by atoms with van der Waals surface area (Å²) < 4.78 is 0. The second-order valence-electron chi connectivity index (χ2n) is 8.45. The summed E-state index contributed by atoms with van der Waals surface area (Å²) in [6.07, 6.45) is 3.33. The summed E-state index contributed by atoms with van der Waals surface area (Å²) >= 11 is 0. The molecule has 6 heteroatoms. The monoisotopic (exact) mass is 512 g/mol. The average Bonchev–Trinajstić information content (AvgIpc) is 2.92. The van der Waals surface area contributed by atoms with Crippen LogP contribution in [0.4, 0.5) is 0 Å². The zero-order chi connectivity index (χ0) is 26.2. The maximum Gasteiger partial charge on any atom is 3.00 e. The topological polar surface area (TPSA) is 95.0 Å². The minimum absolute atomic E-state index is 0. The number of hydrogen-bond donors (Lipinski definition) is 0. The van der Waals surface area contributed by atoms with Crippen LogP contribution in [-0.2, 0) is 0 Å². The molecule has 0 saturated heterocycles. The molecule has 0 aliphatic heterocycles. The van der Waals surface area contributed by atoms with Gasteiger partial charge in [-0.25, -0.2) is 0 Å². The second-order valence-corrected chi connectivity index (χ2v) is 8.45. The number of pyridine rings is 2. The fourth-order valence-electron chi connectivity index (χ4n) is 3.85. The van der Waals surface area contributed by atoms with Gasteiger partial charge in [0.15, 0.2) is 0 Å². The van der Waals surface area contributed by atoms with E-state index in [0.29, 0.717) is 11.0 Å². The van der Waals surface area contributed by atoms with E-state index in [1.54, 1.807) is 36.7 Å². The summed E-state index contributed by atoms with van der Waals surface area (Å²) in [5.74, 6) is 0.0482. The Hall–Kier alpha value is -4.37. The van der Waals surface area contributed by atoms with Crippen molar-refractivity contribution >= 4 is 39.2 Å². The molecule has 6 rings (SSSR count). The van der Waals surface area contributed by atoms with Crippen LogP contribution in [-0.4, -0.2) is 27.3 Å². The molecular formula is C32H25AlN2O3. The molecule has 2 heterocycles. The van der Waals surface area contributed by atoms with Crippen molar-refractivity contribution in [2.24, 2.45) is 0 Å². The van der Waals surface area contributed by atoms with Crippen molar-refractivity contribution in [3.8, 4) is 28.4 Å². The quantitative estimate of drug-likeness (QED) is 0.279. The maximum absolute atomic E-state index is 11.3. The first-order valence-electron chi connectivity index (χ1n) is 11.8. The number of aryl methyl sites for hydroxylation is 2. The Balaban J connectivity index is 0.000000156. The van der Waals surface area contributed by atoms with Gasteiger partial charge in [0.2, 0.25) is 0 Å². The molecule has 0 fully saturated rings. The predicted octanol–water partition coefficient (Wildman–Crippen LogP) is 5.28. The van der Waals surface area contributed by atoms with E-state index in [1.165, 1.54) is 12.1 Å². The number of nitrogens with zero attached hydrogens (tertiary/aromatic N) is 2. The number of hydrogen-bond acceptors (Lipinski definition) is 5. The SMILES string of the molecule is Cc1ccnc2c([O-])cccc12.Cc1ccnc2c([O-])cccc12.[Al+3].[O-]c1ccc(-c2ccccc2)cc1. The molecule has 0 radical (unpaired) electrons. The summed E-state index contributed by atoms with van der Waals surface area (Å²) in [6, 6.07) is 31.1.